The van der Waals surface area contributed by atoms with E-state index in [-0.39, 0.29) is 26.0 Å². The molecule has 0 fully saturated rings. The summed E-state index contributed by atoms with van der Waals surface area (Å²) in [5.41, 5.74) is 7.84. The fraction of sp³-hybridized carbons (Fsp3) is 0.385. The van der Waals surface area contributed by atoms with Crippen LogP contribution in [-0.2, 0) is 35.8 Å². The molecule has 0 aliphatic heterocycles. The quantitative estimate of drug-likeness (QED) is 0.0774. The molecular weight excluding hydrogens is 670 g/mol. The number of benzene rings is 2. The molecule has 0 saturated heterocycles. The first kappa shape index (κ1) is 39.5. The largest absolute Gasteiger partial charge is 0.481 e. The molecule has 0 bridgehead atoms. The van der Waals surface area contributed by atoms with E-state index in [2.05, 4.69) is 41.3 Å². The van der Waals surface area contributed by atoms with Crippen molar-refractivity contribution in [1.82, 2.24) is 15.3 Å². The third-order valence-corrected chi connectivity index (χ3v) is 8.65. The molecule has 0 saturated carbocycles. The molecule has 2 aromatic carbocycles. The molecule has 0 spiro atoms. The molecule has 13 nitrogen and oxygen atoms in total. The molecule has 0 amide bonds. The predicted molar refractivity (Wildman–Crippen MR) is 193 cm³/mol. The number of rotatable bonds is 21. The zero-order chi connectivity index (χ0) is 37.6. The number of nitrogens with zero attached hydrogens (tertiary/aromatic N) is 2. The number of aryl methyl sites for hydroxylation is 1. The SMILES string of the molecule is COc1nc(OCc2cccc(-c3cccc(COc4ccc(CNC[C@@H](O)CC(=O)O)c(OC)n4)c3C)c2C)ccc1CCC[C@@H](O)CC(=O)O. The van der Waals surface area contributed by atoms with Crippen molar-refractivity contribution < 1.29 is 49.0 Å². The number of aliphatic carboxylic acids is 2. The van der Waals surface area contributed by atoms with Gasteiger partial charge in [-0.2, -0.15) is 9.97 Å². The van der Waals surface area contributed by atoms with Crippen LogP contribution in [0.1, 0.15) is 59.1 Å². The standard InChI is InChI=1S/C39H47N3O10/c1-24-28(22-51-34-16-14-26(38(41-34)49-3)8-5-11-30(43)18-36(45)46)9-6-12-32(24)33-13-7-10-29(25(33)2)23-52-35-17-15-27(39(42-35)50-4)20-40-21-31(44)19-37(47)48/h6-7,9-10,12-17,30-31,40,43-44H,5,8,11,18-23H2,1-4H3,(H,45,46)(H,47,48)/t30-,31+/m1/s1. The molecule has 5 N–H and O–H groups in total. The summed E-state index contributed by atoms with van der Waals surface area (Å²) in [4.78, 5) is 30.6. The van der Waals surface area contributed by atoms with Crippen LogP contribution < -0.4 is 24.3 Å². The van der Waals surface area contributed by atoms with Gasteiger partial charge in [-0.3, -0.25) is 9.59 Å². The van der Waals surface area contributed by atoms with Crippen LogP contribution >= 0.6 is 0 Å². The maximum atomic E-state index is 10.8. The van der Waals surface area contributed by atoms with E-state index in [1.807, 2.05) is 36.4 Å². The van der Waals surface area contributed by atoms with Crippen LogP contribution in [0.25, 0.3) is 11.1 Å². The van der Waals surface area contributed by atoms with Crippen molar-refractivity contribution in [3.05, 3.63) is 94.0 Å². The third kappa shape index (κ3) is 11.4. The van der Waals surface area contributed by atoms with Crippen LogP contribution in [0.3, 0.4) is 0 Å². The second kappa shape index (κ2) is 19.4. The normalized spacial score (nSPS) is 12.2. The van der Waals surface area contributed by atoms with E-state index < -0.39 is 24.1 Å². The van der Waals surface area contributed by atoms with E-state index in [9.17, 15) is 19.8 Å². The highest BCUT2D eigenvalue weighted by molar-refractivity contribution is 5.72. The molecule has 2 heterocycles. The molecule has 13 heteroatoms. The molecule has 0 unspecified atom stereocenters. The van der Waals surface area contributed by atoms with Crippen molar-refractivity contribution >= 4 is 11.9 Å². The van der Waals surface area contributed by atoms with Gasteiger partial charge in [0, 0.05) is 36.3 Å². The lowest BCUT2D eigenvalue weighted by Gasteiger charge is -2.17. The van der Waals surface area contributed by atoms with E-state index in [0.717, 1.165) is 44.5 Å². The molecule has 4 aromatic rings. The number of pyridine rings is 2. The van der Waals surface area contributed by atoms with Gasteiger partial charge in [-0.1, -0.05) is 36.4 Å². The highest BCUT2D eigenvalue weighted by Crippen LogP contribution is 2.32. The van der Waals surface area contributed by atoms with Crippen molar-refractivity contribution in [1.29, 1.82) is 0 Å². The number of carboxylic acids is 2. The van der Waals surface area contributed by atoms with Crippen LogP contribution in [0.2, 0.25) is 0 Å². The molecule has 2 atom stereocenters. The predicted octanol–water partition coefficient (Wildman–Crippen LogP) is 5.02. The number of ether oxygens (including phenoxy) is 4. The lowest BCUT2D eigenvalue weighted by atomic mass is 9.92. The molecule has 0 aliphatic carbocycles. The monoisotopic (exact) mass is 717 g/mol. The van der Waals surface area contributed by atoms with Gasteiger partial charge in [0.25, 0.3) is 0 Å². The number of carboxylic acid groups (broad SMARTS) is 2. The van der Waals surface area contributed by atoms with Gasteiger partial charge in [0.05, 0.1) is 39.3 Å². The molecular formula is C39H47N3O10. The van der Waals surface area contributed by atoms with Crippen molar-refractivity contribution in [2.75, 3.05) is 20.8 Å². The average molecular weight is 718 g/mol. The van der Waals surface area contributed by atoms with Gasteiger partial charge in [0.1, 0.15) is 13.2 Å². The van der Waals surface area contributed by atoms with Crippen molar-refractivity contribution in [2.45, 2.75) is 77.9 Å². The number of nitrogens with one attached hydrogen (secondary N) is 1. The second-order valence-corrected chi connectivity index (χ2v) is 12.4. The summed E-state index contributed by atoms with van der Waals surface area (Å²) in [5.74, 6) is -0.487. The highest BCUT2D eigenvalue weighted by Gasteiger charge is 2.16. The third-order valence-electron chi connectivity index (χ3n) is 8.65. The summed E-state index contributed by atoms with van der Waals surface area (Å²) in [6, 6.07) is 19.4. The first-order chi connectivity index (χ1) is 25.0. The minimum absolute atomic E-state index is 0.118. The van der Waals surface area contributed by atoms with Gasteiger partial charge < -0.3 is 44.7 Å². The Hall–Kier alpha value is -5.24. The number of aliphatic hydroxyl groups is 2. The summed E-state index contributed by atoms with van der Waals surface area (Å²) in [7, 11) is 3.05. The van der Waals surface area contributed by atoms with Crippen molar-refractivity contribution in [2.24, 2.45) is 0 Å². The van der Waals surface area contributed by atoms with Crippen molar-refractivity contribution in [3.63, 3.8) is 0 Å². The Morgan fingerprint density at radius 3 is 1.71 bits per heavy atom. The number of aromatic nitrogens is 2. The van der Waals surface area contributed by atoms with Crippen LogP contribution in [0.5, 0.6) is 23.5 Å². The Labute approximate surface area is 303 Å². The molecule has 2 aromatic heterocycles. The first-order valence-corrected chi connectivity index (χ1v) is 17.0. The second-order valence-electron chi connectivity index (χ2n) is 12.4. The van der Waals surface area contributed by atoms with E-state index in [0.29, 0.717) is 55.9 Å². The maximum absolute atomic E-state index is 10.8. The van der Waals surface area contributed by atoms with E-state index in [1.54, 1.807) is 12.1 Å². The summed E-state index contributed by atoms with van der Waals surface area (Å²) < 4.78 is 23.1. The summed E-state index contributed by atoms with van der Waals surface area (Å²) in [6.45, 7) is 5.14. The Balaban J connectivity index is 1.39. The van der Waals surface area contributed by atoms with Gasteiger partial charge in [0.2, 0.25) is 23.5 Å². The molecule has 52 heavy (non-hydrogen) atoms. The summed E-state index contributed by atoms with van der Waals surface area (Å²) in [5, 5.41) is 40.3. The zero-order valence-electron chi connectivity index (χ0n) is 29.9. The van der Waals surface area contributed by atoms with Crippen LogP contribution in [0, 0.1) is 13.8 Å². The van der Waals surface area contributed by atoms with Gasteiger partial charge in [-0.15, -0.1) is 0 Å². The van der Waals surface area contributed by atoms with E-state index in [1.165, 1.54) is 14.2 Å². The molecule has 4 rings (SSSR count). The van der Waals surface area contributed by atoms with Crippen LogP contribution in [0.4, 0.5) is 0 Å². The van der Waals surface area contributed by atoms with E-state index >= 15 is 0 Å². The number of carbonyl (C=O) groups is 2. The lowest BCUT2D eigenvalue weighted by molar-refractivity contribution is -0.140. The first-order valence-electron chi connectivity index (χ1n) is 17.0. The highest BCUT2D eigenvalue weighted by atomic mass is 16.5. The summed E-state index contributed by atoms with van der Waals surface area (Å²) >= 11 is 0. The number of hydrogen-bond donors (Lipinski definition) is 5. The molecule has 0 aliphatic rings. The average Bonchev–Trinajstić information content (AvgIpc) is 3.11. The maximum Gasteiger partial charge on any atom is 0.306 e. The van der Waals surface area contributed by atoms with Gasteiger partial charge in [0.15, 0.2) is 0 Å². The number of hydrogen-bond acceptors (Lipinski definition) is 11. The van der Waals surface area contributed by atoms with Crippen LogP contribution in [0.15, 0.2) is 60.7 Å². The fourth-order valence-electron chi connectivity index (χ4n) is 5.79. The van der Waals surface area contributed by atoms with Gasteiger partial charge in [-0.05, 0) is 78.6 Å². The molecule has 278 valence electrons. The topological polar surface area (TPSA) is 190 Å². The minimum atomic E-state index is -1.06. The van der Waals surface area contributed by atoms with E-state index in [4.69, 9.17) is 29.2 Å². The number of aliphatic hydroxyl groups excluding tert-OH is 2. The number of methoxy groups -OCH3 is 2. The Morgan fingerprint density at radius 1 is 0.692 bits per heavy atom. The van der Waals surface area contributed by atoms with Crippen molar-refractivity contribution in [3.8, 4) is 34.6 Å². The fourth-order valence-corrected chi connectivity index (χ4v) is 5.79. The Kier molecular flexibility index (Phi) is 14.7. The summed E-state index contributed by atoms with van der Waals surface area (Å²) in [6.07, 6.45) is -0.962. The lowest BCUT2D eigenvalue weighted by Crippen LogP contribution is -2.28. The Bertz CT molecular complexity index is 1680. The zero-order valence-corrected chi connectivity index (χ0v) is 29.9. The van der Waals surface area contributed by atoms with Gasteiger partial charge in [-0.25, -0.2) is 0 Å². The van der Waals surface area contributed by atoms with Gasteiger partial charge >= 0.3 is 11.9 Å². The van der Waals surface area contributed by atoms with Crippen LogP contribution in [-0.4, -0.2) is 75.3 Å². The molecule has 0 radical (unpaired) electrons. The Morgan fingerprint density at radius 2 is 1.19 bits per heavy atom. The smallest absolute Gasteiger partial charge is 0.306 e. The minimum Gasteiger partial charge on any atom is -0.481 e.